The minimum atomic E-state index is 0.0990. The number of aldehydes is 1. The van der Waals surface area contributed by atoms with Crippen molar-refractivity contribution >= 4 is 41.6 Å². The zero-order valence-corrected chi connectivity index (χ0v) is 9.01. The third kappa shape index (κ3) is 1.07. The monoisotopic (exact) mass is 218 g/mol. The third-order valence-corrected chi connectivity index (χ3v) is 7.70. The van der Waals surface area contributed by atoms with E-state index >= 15 is 0 Å². The Morgan fingerprint density at radius 3 is 1.75 bits per heavy atom. The summed E-state index contributed by atoms with van der Waals surface area (Å²) < 4.78 is 2.19. The molecule has 4 saturated heterocycles. The van der Waals surface area contributed by atoms with Gasteiger partial charge in [0.25, 0.3) is 0 Å². The summed E-state index contributed by atoms with van der Waals surface area (Å²) >= 11 is 6.26. The van der Waals surface area contributed by atoms with Crippen LogP contribution >= 0.6 is 35.3 Å². The van der Waals surface area contributed by atoms with Crippen molar-refractivity contribution in [3.05, 3.63) is 0 Å². The highest BCUT2D eigenvalue weighted by Gasteiger charge is 2.52. The van der Waals surface area contributed by atoms with Crippen LogP contribution in [0.3, 0.4) is 0 Å². The molecule has 0 unspecified atom stereocenters. The molecule has 0 aromatic heterocycles. The molecule has 4 aliphatic rings. The molecule has 4 heterocycles. The Morgan fingerprint density at radius 2 is 1.42 bits per heavy atom. The van der Waals surface area contributed by atoms with Crippen LogP contribution in [0.1, 0.15) is 19.3 Å². The van der Waals surface area contributed by atoms with Crippen LogP contribution in [-0.2, 0) is 4.79 Å². The van der Waals surface area contributed by atoms with E-state index in [0.717, 1.165) is 33.0 Å². The Morgan fingerprint density at radius 1 is 1.00 bits per heavy atom. The Hall–Kier alpha value is 0.720. The van der Waals surface area contributed by atoms with Crippen LogP contribution in [0.2, 0.25) is 0 Å². The molecule has 4 rings (SSSR count). The Balaban J connectivity index is 1.95. The molecule has 0 radical (unpaired) electrons. The Labute approximate surface area is 84.8 Å². The smallest absolute Gasteiger partial charge is 0.126 e. The molecule has 0 aromatic rings. The lowest BCUT2D eigenvalue weighted by molar-refractivity contribution is -0.117. The van der Waals surface area contributed by atoms with Gasteiger partial charge in [-0.3, -0.25) is 0 Å². The molecule has 0 aromatic carbocycles. The number of thioether (sulfide) groups is 3. The molecular formula is C8H10OS3. The van der Waals surface area contributed by atoms with Gasteiger partial charge in [0.2, 0.25) is 0 Å². The fourth-order valence-corrected chi connectivity index (χ4v) is 9.68. The number of carbonyl (C=O) groups is 1. The van der Waals surface area contributed by atoms with Crippen LogP contribution in [0.4, 0.5) is 0 Å². The van der Waals surface area contributed by atoms with Crippen molar-refractivity contribution in [1.29, 1.82) is 0 Å². The van der Waals surface area contributed by atoms with Gasteiger partial charge in [-0.1, -0.05) is 0 Å². The van der Waals surface area contributed by atoms with Gasteiger partial charge in [-0.15, -0.1) is 35.3 Å². The summed E-state index contributed by atoms with van der Waals surface area (Å²) in [6, 6.07) is 0. The largest absolute Gasteiger partial charge is 0.303 e. The zero-order chi connectivity index (χ0) is 8.18. The van der Waals surface area contributed by atoms with Crippen molar-refractivity contribution in [3.8, 4) is 0 Å². The standard InChI is InChI=1S/C8H10OS3/c9-4-8-1-5-10-6(2-8)12-7(3-8)11-5/h4-7H,1-3H2. The minimum absolute atomic E-state index is 0.0990. The first-order valence-electron chi connectivity index (χ1n) is 4.22. The molecule has 0 amide bonds. The summed E-state index contributed by atoms with van der Waals surface area (Å²) in [6.07, 6.45) is 4.66. The van der Waals surface area contributed by atoms with Crippen molar-refractivity contribution in [1.82, 2.24) is 0 Å². The van der Waals surface area contributed by atoms with E-state index in [0.29, 0.717) is 0 Å². The van der Waals surface area contributed by atoms with E-state index in [1.54, 1.807) is 0 Å². The van der Waals surface area contributed by atoms with Crippen LogP contribution in [0.25, 0.3) is 0 Å². The van der Waals surface area contributed by atoms with Gasteiger partial charge in [0.1, 0.15) is 6.29 Å². The van der Waals surface area contributed by atoms with Gasteiger partial charge in [0, 0.05) is 5.41 Å². The van der Waals surface area contributed by atoms with E-state index in [1.807, 2.05) is 0 Å². The molecule has 4 heteroatoms. The molecule has 4 aliphatic heterocycles. The molecule has 0 spiro atoms. The third-order valence-electron chi connectivity index (χ3n) is 2.88. The predicted molar refractivity (Wildman–Crippen MR) is 56.5 cm³/mol. The number of carbonyl (C=O) groups excluding carboxylic acids is 1. The first kappa shape index (κ1) is 8.06. The summed E-state index contributed by atoms with van der Waals surface area (Å²) in [4.78, 5) is 11.0. The van der Waals surface area contributed by atoms with Crippen molar-refractivity contribution in [2.75, 3.05) is 0 Å². The first-order chi connectivity index (χ1) is 5.80. The van der Waals surface area contributed by atoms with Gasteiger partial charge in [-0.05, 0) is 19.3 Å². The average molecular weight is 218 g/mol. The van der Waals surface area contributed by atoms with Crippen LogP contribution < -0.4 is 0 Å². The highest BCUT2D eigenvalue weighted by Crippen LogP contribution is 2.65. The van der Waals surface area contributed by atoms with Crippen molar-refractivity contribution < 1.29 is 4.79 Å². The van der Waals surface area contributed by atoms with Gasteiger partial charge in [0.05, 0.1) is 13.7 Å². The SMILES string of the molecule is O=CC12CC3SC(C1)SC(C2)S3. The lowest BCUT2D eigenvalue weighted by Crippen LogP contribution is -2.45. The average Bonchev–Trinajstić information content (AvgIpc) is 2.02. The minimum Gasteiger partial charge on any atom is -0.303 e. The highest BCUT2D eigenvalue weighted by molar-refractivity contribution is 8.33. The highest BCUT2D eigenvalue weighted by atomic mass is 32.3. The van der Waals surface area contributed by atoms with Gasteiger partial charge >= 0.3 is 0 Å². The Bertz CT molecular complexity index is 193. The fraction of sp³-hybridized carbons (Fsp3) is 0.875. The van der Waals surface area contributed by atoms with Gasteiger partial charge in [-0.25, -0.2) is 0 Å². The topological polar surface area (TPSA) is 17.1 Å². The van der Waals surface area contributed by atoms with Gasteiger partial charge in [0.15, 0.2) is 0 Å². The molecular weight excluding hydrogens is 208 g/mol. The maximum absolute atomic E-state index is 11.0. The van der Waals surface area contributed by atoms with E-state index in [2.05, 4.69) is 35.3 Å². The van der Waals surface area contributed by atoms with E-state index in [9.17, 15) is 4.79 Å². The van der Waals surface area contributed by atoms with Crippen LogP contribution in [0, 0.1) is 5.41 Å². The van der Waals surface area contributed by atoms with Gasteiger partial charge < -0.3 is 4.79 Å². The lowest BCUT2D eigenvalue weighted by Gasteiger charge is -2.52. The molecule has 0 saturated carbocycles. The molecule has 0 aliphatic carbocycles. The Kier molecular flexibility index (Phi) is 1.75. The van der Waals surface area contributed by atoms with Crippen LogP contribution in [0.5, 0.6) is 0 Å². The van der Waals surface area contributed by atoms with E-state index in [-0.39, 0.29) is 5.41 Å². The summed E-state index contributed by atoms with van der Waals surface area (Å²) in [5.74, 6) is 0. The summed E-state index contributed by atoms with van der Waals surface area (Å²) in [5, 5.41) is 0. The molecule has 4 bridgehead atoms. The molecule has 12 heavy (non-hydrogen) atoms. The second-order valence-corrected chi connectivity index (χ2v) is 8.92. The maximum atomic E-state index is 11.0. The summed E-state index contributed by atoms with van der Waals surface area (Å²) in [7, 11) is 0. The normalized spacial score (nSPS) is 55.8. The predicted octanol–water partition coefficient (Wildman–Crippen LogP) is 2.56. The molecule has 0 atom stereocenters. The zero-order valence-electron chi connectivity index (χ0n) is 6.56. The first-order valence-corrected chi connectivity index (χ1v) is 7.05. The van der Waals surface area contributed by atoms with E-state index in [1.165, 1.54) is 6.29 Å². The van der Waals surface area contributed by atoms with E-state index < -0.39 is 0 Å². The lowest BCUT2D eigenvalue weighted by atomic mass is 9.80. The van der Waals surface area contributed by atoms with Gasteiger partial charge in [-0.2, -0.15) is 0 Å². The quantitative estimate of drug-likeness (QED) is 0.629. The summed E-state index contributed by atoms with van der Waals surface area (Å²) in [6.45, 7) is 0. The van der Waals surface area contributed by atoms with Crippen molar-refractivity contribution in [2.24, 2.45) is 5.41 Å². The maximum Gasteiger partial charge on any atom is 0.126 e. The molecule has 0 N–H and O–H groups in total. The molecule has 1 nitrogen and oxygen atoms in total. The van der Waals surface area contributed by atoms with Crippen LogP contribution in [0.15, 0.2) is 0 Å². The van der Waals surface area contributed by atoms with Crippen molar-refractivity contribution in [3.63, 3.8) is 0 Å². The second kappa shape index (κ2) is 2.61. The number of hydrogen-bond donors (Lipinski definition) is 0. The second-order valence-electron chi connectivity index (χ2n) is 3.79. The number of rotatable bonds is 1. The van der Waals surface area contributed by atoms with Crippen molar-refractivity contribution in [2.45, 2.75) is 33.0 Å². The van der Waals surface area contributed by atoms with Crippen LogP contribution in [-0.4, -0.2) is 20.0 Å². The van der Waals surface area contributed by atoms with E-state index in [4.69, 9.17) is 0 Å². The summed E-state index contributed by atoms with van der Waals surface area (Å²) in [5.41, 5.74) is 0.0990. The number of hydrogen-bond acceptors (Lipinski definition) is 4. The fourth-order valence-electron chi connectivity index (χ4n) is 2.28. The molecule has 4 fully saturated rings. The molecule has 66 valence electrons.